The molecule has 0 bridgehead atoms. The largest absolute Gasteiger partial charge is 0.675 e. The van der Waals surface area contributed by atoms with Crippen LogP contribution in [0.25, 0.3) is 5.73 Å². The van der Waals surface area contributed by atoms with E-state index >= 15 is 0 Å². The molecule has 0 unspecified atom stereocenters. The molecule has 0 aromatic rings. The summed E-state index contributed by atoms with van der Waals surface area (Å²) in [5.74, 6) is 0. The Kier molecular flexibility index (Phi) is 5.25. The summed E-state index contributed by atoms with van der Waals surface area (Å²) < 4.78 is 5.02. The first-order valence-electron chi connectivity index (χ1n) is 3.22. The maximum Gasteiger partial charge on any atom is 0.0503 e. The van der Waals surface area contributed by atoms with Gasteiger partial charge in [-0.1, -0.05) is 0 Å². The fraction of sp³-hybridized carbons (Fsp3) is 1.00. The van der Waals surface area contributed by atoms with Crippen molar-refractivity contribution in [2.75, 3.05) is 19.8 Å². The van der Waals surface area contributed by atoms with E-state index in [1.807, 2.05) is 0 Å². The standard InChI is InChI=1S/C6H12NO2.Y/c7-5-6(8)1-3-9-4-2-6;/h7-8H,1-5H2;/q-1;. The minimum atomic E-state index is -0.738. The summed E-state index contributed by atoms with van der Waals surface area (Å²) in [5.41, 5.74) is 6.25. The van der Waals surface area contributed by atoms with Crippen molar-refractivity contribution in [1.29, 1.82) is 0 Å². The molecule has 0 atom stereocenters. The predicted molar refractivity (Wildman–Crippen MR) is 34.2 cm³/mol. The van der Waals surface area contributed by atoms with Gasteiger partial charge in [0.1, 0.15) is 0 Å². The molecule has 1 fully saturated rings. The summed E-state index contributed by atoms with van der Waals surface area (Å²) in [4.78, 5) is 0. The molecule has 1 aliphatic rings. The number of hydrogen-bond donors (Lipinski definition) is 1. The van der Waals surface area contributed by atoms with E-state index in [2.05, 4.69) is 0 Å². The Balaban J connectivity index is 0.000000810. The Bertz CT molecular complexity index is 93.7. The molecule has 0 spiro atoms. The number of rotatable bonds is 1. The molecule has 4 heteroatoms. The number of nitrogens with one attached hydrogen (secondary N) is 1. The van der Waals surface area contributed by atoms with Gasteiger partial charge in [0, 0.05) is 45.9 Å². The van der Waals surface area contributed by atoms with E-state index in [4.69, 9.17) is 10.5 Å². The van der Waals surface area contributed by atoms with Gasteiger partial charge in [-0.25, -0.2) is 0 Å². The Hall–Kier alpha value is 0.984. The summed E-state index contributed by atoms with van der Waals surface area (Å²) >= 11 is 0. The molecule has 0 aromatic heterocycles. The zero-order chi connectivity index (χ0) is 6.74. The summed E-state index contributed by atoms with van der Waals surface area (Å²) in [5, 5.41) is 9.41. The average Bonchev–Trinajstić information content (AvgIpc) is 1.90. The van der Waals surface area contributed by atoms with Crippen LogP contribution >= 0.6 is 0 Å². The van der Waals surface area contributed by atoms with E-state index in [0.29, 0.717) is 26.1 Å². The van der Waals surface area contributed by atoms with Crippen LogP contribution < -0.4 is 0 Å². The molecule has 57 valence electrons. The molecule has 1 saturated heterocycles. The molecule has 1 aliphatic heterocycles. The van der Waals surface area contributed by atoms with Crippen molar-refractivity contribution in [2.24, 2.45) is 0 Å². The van der Waals surface area contributed by atoms with Gasteiger partial charge in [-0.2, -0.15) is 0 Å². The fourth-order valence-corrected chi connectivity index (χ4v) is 0.928. The van der Waals surface area contributed by atoms with Crippen LogP contribution in [-0.4, -0.2) is 30.5 Å². The second-order valence-corrected chi connectivity index (χ2v) is 2.51. The molecule has 10 heavy (non-hydrogen) atoms. The molecule has 1 rings (SSSR count). The Morgan fingerprint density at radius 3 is 2.20 bits per heavy atom. The SMILES string of the molecule is [NH-]CC1(O)CCOCC1.[Y]. The maximum absolute atomic E-state index is 9.41. The molecule has 0 amide bonds. The second kappa shape index (κ2) is 4.78. The first kappa shape index (κ1) is 11.0. The van der Waals surface area contributed by atoms with Crippen molar-refractivity contribution in [3.05, 3.63) is 5.73 Å². The second-order valence-electron chi connectivity index (χ2n) is 2.51. The maximum atomic E-state index is 9.41. The third kappa shape index (κ3) is 2.93. The summed E-state index contributed by atoms with van der Waals surface area (Å²) in [6.45, 7) is 1.32. The summed E-state index contributed by atoms with van der Waals surface area (Å²) in [6.07, 6.45) is 1.24. The van der Waals surface area contributed by atoms with E-state index in [9.17, 15) is 5.11 Å². The monoisotopic (exact) mass is 219 g/mol. The van der Waals surface area contributed by atoms with Crippen molar-refractivity contribution in [3.63, 3.8) is 0 Å². The van der Waals surface area contributed by atoms with E-state index in [1.54, 1.807) is 0 Å². The van der Waals surface area contributed by atoms with Crippen LogP contribution in [-0.2, 0) is 37.4 Å². The van der Waals surface area contributed by atoms with Gasteiger partial charge in [0.05, 0.1) is 5.60 Å². The molecular formula is C6H12NO2Y-. The van der Waals surface area contributed by atoms with E-state index in [1.165, 1.54) is 0 Å². The molecular weight excluding hydrogens is 207 g/mol. The molecule has 0 saturated carbocycles. The van der Waals surface area contributed by atoms with Crippen LogP contribution in [0.4, 0.5) is 0 Å². The number of hydrogen-bond acceptors (Lipinski definition) is 2. The van der Waals surface area contributed by atoms with E-state index in [-0.39, 0.29) is 39.3 Å². The molecule has 0 aliphatic carbocycles. The van der Waals surface area contributed by atoms with Crippen LogP contribution in [0.2, 0.25) is 0 Å². The predicted octanol–water partition coefficient (Wildman–Crippen LogP) is 0.578. The van der Waals surface area contributed by atoms with Crippen LogP contribution in [0.15, 0.2) is 0 Å². The molecule has 0 aromatic carbocycles. The van der Waals surface area contributed by atoms with Crippen molar-refractivity contribution in [3.8, 4) is 0 Å². The van der Waals surface area contributed by atoms with Gasteiger partial charge in [0.15, 0.2) is 0 Å². The minimum absolute atomic E-state index is 0. The normalized spacial score (nSPS) is 23.4. The van der Waals surface area contributed by atoms with Gasteiger partial charge >= 0.3 is 0 Å². The third-order valence-electron chi connectivity index (χ3n) is 1.75. The minimum Gasteiger partial charge on any atom is -0.675 e. The fourth-order valence-electron chi connectivity index (χ4n) is 0.928. The van der Waals surface area contributed by atoms with Gasteiger partial charge < -0.3 is 15.6 Å². The van der Waals surface area contributed by atoms with Crippen molar-refractivity contribution < 1.29 is 42.6 Å². The Morgan fingerprint density at radius 1 is 1.40 bits per heavy atom. The molecule has 2 N–H and O–H groups in total. The molecule has 1 radical (unpaired) electrons. The first-order valence-corrected chi connectivity index (χ1v) is 3.22. The quantitative estimate of drug-likeness (QED) is 0.701. The van der Waals surface area contributed by atoms with Gasteiger partial charge in [-0.3, -0.25) is 0 Å². The van der Waals surface area contributed by atoms with Crippen LogP contribution in [0.3, 0.4) is 0 Å². The van der Waals surface area contributed by atoms with Crippen molar-refractivity contribution >= 4 is 0 Å². The Morgan fingerprint density at radius 2 is 1.90 bits per heavy atom. The Labute approximate surface area is 86.2 Å². The van der Waals surface area contributed by atoms with E-state index in [0.717, 1.165) is 0 Å². The number of aliphatic hydroxyl groups is 1. The topological polar surface area (TPSA) is 53.3 Å². The molecule has 3 nitrogen and oxygen atoms in total. The van der Waals surface area contributed by atoms with Gasteiger partial charge in [0.25, 0.3) is 0 Å². The first-order chi connectivity index (χ1) is 4.27. The van der Waals surface area contributed by atoms with Gasteiger partial charge in [0.2, 0.25) is 0 Å². The smallest absolute Gasteiger partial charge is 0.0503 e. The van der Waals surface area contributed by atoms with Crippen LogP contribution in [0.5, 0.6) is 0 Å². The number of ether oxygens (including phenoxy) is 1. The van der Waals surface area contributed by atoms with Crippen molar-refractivity contribution in [2.45, 2.75) is 18.4 Å². The average molecular weight is 219 g/mol. The zero-order valence-corrected chi connectivity index (χ0v) is 8.81. The van der Waals surface area contributed by atoms with Crippen LogP contribution in [0, 0.1) is 0 Å². The van der Waals surface area contributed by atoms with E-state index < -0.39 is 5.60 Å². The van der Waals surface area contributed by atoms with Gasteiger partial charge in [-0.15, -0.1) is 6.54 Å². The van der Waals surface area contributed by atoms with Crippen molar-refractivity contribution in [1.82, 2.24) is 0 Å². The summed E-state index contributed by atoms with van der Waals surface area (Å²) in [6, 6.07) is 0. The molecule has 1 heterocycles. The third-order valence-corrected chi connectivity index (χ3v) is 1.75. The zero-order valence-electron chi connectivity index (χ0n) is 5.97. The van der Waals surface area contributed by atoms with Gasteiger partial charge in [-0.05, 0) is 12.8 Å². The van der Waals surface area contributed by atoms with Crippen LogP contribution in [0.1, 0.15) is 12.8 Å². The summed E-state index contributed by atoms with van der Waals surface area (Å²) in [7, 11) is 0.